The molecule has 3 N–H and O–H groups in total. The molecule has 4 aromatic rings. The molecule has 1 aliphatic rings. The number of hydrogen-bond donors (Lipinski definition) is 3. The number of nitriles is 1. The predicted octanol–water partition coefficient (Wildman–Crippen LogP) is 4.43. The average molecular weight is 500 g/mol. The maximum atomic E-state index is 14.4. The molecule has 5 rings (SSSR count). The van der Waals surface area contributed by atoms with Crippen LogP contribution in [0.15, 0.2) is 54.7 Å². The summed E-state index contributed by atoms with van der Waals surface area (Å²) in [6, 6.07) is 15.4. The Kier molecular flexibility index (Phi) is 6.96. The molecule has 37 heavy (non-hydrogen) atoms. The summed E-state index contributed by atoms with van der Waals surface area (Å²) in [5.74, 6) is 0.619. The number of rotatable bonds is 6. The molecule has 0 spiro atoms. The lowest BCUT2D eigenvalue weighted by molar-refractivity contribution is 0.180. The number of benzene rings is 2. The highest BCUT2D eigenvalue weighted by molar-refractivity contribution is 5.95. The third-order valence-corrected chi connectivity index (χ3v) is 6.49. The van der Waals surface area contributed by atoms with Crippen LogP contribution in [-0.4, -0.2) is 52.4 Å². The smallest absolute Gasteiger partial charge is 0.320 e. The van der Waals surface area contributed by atoms with E-state index in [2.05, 4.69) is 36.8 Å². The number of carbonyl (C=O) groups is 1. The van der Waals surface area contributed by atoms with Crippen molar-refractivity contribution < 1.29 is 13.9 Å². The molecule has 1 aliphatic heterocycles. The van der Waals surface area contributed by atoms with Gasteiger partial charge in [0.15, 0.2) is 0 Å². The van der Waals surface area contributed by atoms with E-state index in [4.69, 9.17) is 10.00 Å². The molecule has 1 fully saturated rings. The Morgan fingerprint density at radius 1 is 1.30 bits per heavy atom. The minimum atomic E-state index is -0.353. The highest BCUT2D eigenvalue weighted by Gasteiger charge is 2.23. The number of urea groups is 1. The Labute approximate surface area is 213 Å². The second-order valence-electron chi connectivity index (χ2n) is 8.97. The number of nitrogens with one attached hydrogen (secondary N) is 3. The third-order valence-electron chi connectivity index (χ3n) is 6.49. The van der Waals surface area contributed by atoms with E-state index >= 15 is 0 Å². The van der Waals surface area contributed by atoms with Gasteiger partial charge in [-0.25, -0.2) is 14.2 Å². The topological polar surface area (TPSA) is 119 Å². The van der Waals surface area contributed by atoms with Crippen LogP contribution in [0, 0.1) is 17.1 Å². The number of amides is 2. The van der Waals surface area contributed by atoms with Crippen molar-refractivity contribution in [3.8, 4) is 23.1 Å². The Hall–Kier alpha value is -4.49. The number of piperidine rings is 1. The van der Waals surface area contributed by atoms with Gasteiger partial charge in [-0.15, -0.1) is 0 Å². The molecule has 0 unspecified atom stereocenters. The van der Waals surface area contributed by atoms with Gasteiger partial charge in [0.05, 0.1) is 24.3 Å². The van der Waals surface area contributed by atoms with Crippen LogP contribution in [0.2, 0.25) is 0 Å². The van der Waals surface area contributed by atoms with Gasteiger partial charge in [-0.1, -0.05) is 18.2 Å². The van der Waals surface area contributed by atoms with Crippen molar-refractivity contribution in [2.24, 2.45) is 0 Å². The quantitative estimate of drug-likeness (QED) is 0.361. The molecule has 3 heterocycles. The Balaban J connectivity index is 1.21. The summed E-state index contributed by atoms with van der Waals surface area (Å²) < 4.78 is 19.7. The lowest BCUT2D eigenvalue weighted by atomic mass is 10.0. The van der Waals surface area contributed by atoms with Crippen LogP contribution in [0.3, 0.4) is 0 Å². The fourth-order valence-electron chi connectivity index (χ4n) is 4.67. The summed E-state index contributed by atoms with van der Waals surface area (Å²) in [5.41, 5.74) is 3.41. The SMILES string of the molecule is COc1cccc(F)c1CN1CCC[C@@H](NC(=O)Nc2cc3[nH]nc(-c4ccc(C#N)cc4)c3cn2)C1. The Bertz CT molecular complexity index is 1460. The number of H-pyrrole nitrogens is 1. The fourth-order valence-corrected chi connectivity index (χ4v) is 4.67. The molecular weight excluding hydrogens is 473 g/mol. The second-order valence-corrected chi connectivity index (χ2v) is 8.97. The normalized spacial score (nSPS) is 15.8. The van der Waals surface area contributed by atoms with Crippen molar-refractivity contribution in [3.63, 3.8) is 0 Å². The molecule has 0 radical (unpaired) electrons. The standard InChI is InChI=1S/C27H26FN7O2/c1-37-24-6-2-5-22(28)21(24)16-35-11-3-4-19(15-35)31-27(36)32-25-12-23-20(14-30-25)26(34-33-23)18-9-7-17(13-29)8-10-18/h2,5-10,12,14,19H,3-4,11,15-16H2,1H3,(H,33,34)(H2,30,31,32,36)/t19-/m1/s1. The number of likely N-dealkylation sites (tertiary alicyclic amines) is 1. The summed E-state index contributed by atoms with van der Waals surface area (Å²) in [6.45, 7) is 1.83. The van der Waals surface area contributed by atoms with Gasteiger partial charge in [-0.2, -0.15) is 10.4 Å². The van der Waals surface area contributed by atoms with Crippen LogP contribution in [0.25, 0.3) is 22.2 Å². The summed E-state index contributed by atoms with van der Waals surface area (Å²) in [5, 5.41) is 23.0. The molecule has 1 atom stereocenters. The zero-order valence-corrected chi connectivity index (χ0v) is 20.3. The van der Waals surface area contributed by atoms with Crippen LogP contribution in [0.5, 0.6) is 5.75 Å². The largest absolute Gasteiger partial charge is 0.496 e. The van der Waals surface area contributed by atoms with E-state index in [-0.39, 0.29) is 17.9 Å². The maximum Gasteiger partial charge on any atom is 0.320 e. The number of nitrogens with zero attached hydrogens (tertiary/aromatic N) is 4. The average Bonchev–Trinajstić information content (AvgIpc) is 3.33. The minimum Gasteiger partial charge on any atom is -0.496 e. The molecule has 10 heteroatoms. The number of aromatic amines is 1. The Morgan fingerprint density at radius 2 is 2.14 bits per heavy atom. The summed E-state index contributed by atoms with van der Waals surface area (Å²) in [7, 11) is 1.53. The van der Waals surface area contributed by atoms with E-state index in [1.807, 2.05) is 12.1 Å². The number of hydrogen-bond acceptors (Lipinski definition) is 6. The van der Waals surface area contributed by atoms with Gasteiger partial charge in [0.2, 0.25) is 0 Å². The first-order chi connectivity index (χ1) is 18.0. The van der Waals surface area contributed by atoms with Crippen LogP contribution in [-0.2, 0) is 6.54 Å². The highest BCUT2D eigenvalue weighted by Crippen LogP contribution is 2.27. The van der Waals surface area contributed by atoms with E-state index in [1.54, 1.807) is 36.5 Å². The van der Waals surface area contributed by atoms with Crippen LogP contribution in [0.4, 0.5) is 15.0 Å². The van der Waals surface area contributed by atoms with Crippen molar-refractivity contribution in [2.75, 3.05) is 25.5 Å². The van der Waals surface area contributed by atoms with Crippen molar-refractivity contribution in [3.05, 3.63) is 71.7 Å². The van der Waals surface area contributed by atoms with Gasteiger partial charge in [-0.3, -0.25) is 15.3 Å². The van der Waals surface area contributed by atoms with Crippen molar-refractivity contribution in [1.29, 1.82) is 5.26 Å². The zero-order valence-electron chi connectivity index (χ0n) is 20.3. The van der Waals surface area contributed by atoms with Crippen LogP contribution in [0.1, 0.15) is 24.0 Å². The molecule has 9 nitrogen and oxygen atoms in total. The van der Waals surface area contributed by atoms with E-state index in [0.29, 0.717) is 35.8 Å². The van der Waals surface area contributed by atoms with E-state index < -0.39 is 0 Å². The first-order valence-corrected chi connectivity index (χ1v) is 12.0. The molecule has 0 aliphatic carbocycles. The summed E-state index contributed by atoms with van der Waals surface area (Å²) in [6.07, 6.45) is 3.38. The Morgan fingerprint density at radius 3 is 2.92 bits per heavy atom. The van der Waals surface area contributed by atoms with Gasteiger partial charge in [0.1, 0.15) is 23.1 Å². The first-order valence-electron chi connectivity index (χ1n) is 12.0. The van der Waals surface area contributed by atoms with E-state index in [9.17, 15) is 9.18 Å². The molecular formula is C27H26FN7O2. The van der Waals surface area contributed by atoms with Gasteiger partial charge in [0.25, 0.3) is 0 Å². The summed E-state index contributed by atoms with van der Waals surface area (Å²) in [4.78, 5) is 19.2. The molecule has 2 aromatic carbocycles. The van der Waals surface area contributed by atoms with Gasteiger partial charge in [0, 0.05) is 47.9 Å². The highest BCUT2D eigenvalue weighted by atomic mass is 19.1. The third kappa shape index (κ3) is 5.37. The molecule has 0 saturated carbocycles. The number of ether oxygens (including phenoxy) is 1. The monoisotopic (exact) mass is 499 g/mol. The van der Waals surface area contributed by atoms with Crippen LogP contribution >= 0.6 is 0 Å². The van der Waals surface area contributed by atoms with Gasteiger partial charge >= 0.3 is 6.03 Å². The van der Waals surface area contributed by atoms with Gasteiger partial charge in [-0.05, 0) is 43.7 Å². The number of aromatic nitrogens is 3. The van der Waals surface area contributed by atoms with Gasteiger partial charge < -0.3 is 10.1 Å². The molecule has 2 aromatic heterocycles. The number of pyridine rings is 1. The number of anilines is 1. The number of methoxy groups -OCH3 is 1. The molecule has 188 valence electrons. The number of fused-ring (bicyclic) bond motifs is 1. The molecule has 0 bridgehead atoms. The number of carbonyl (C=O) groups excluding carboxylic acids is 1. The molecule has 2 amide bonds. The van der Waals surface area contributed by atoms with E-state index in [0.717, 1.165) is 41.5 Å². The van der Waals surface area contributed by atoms with Crippen molar-refractivity contribution >= 4 is 22.8 Å². The number of halogens is 1. The summed E-state index contributed by atoms with van der Waals surface area (Å²) >= 11 is 0. The lowest BCUT2D eigenvalue weighted by Gasteiger charge is -2.33. The molecule has 1 saturated heterocycles. The predicted molar refractivity (Wildman–Crippen MR) is 137 cm³/mol. The maximum absolute atomic E-state index is 14.4. The lowest BCUT2D eigenvalue weighted by Crippen LogP contribution is -2.48. The van der Waals surface area contributed by atoms with Crippen LogP contribution < -0.4 is 15.4 Å². The van der Waals surface area contributed by atoms with Crippen molar-refractivity contribution in [1.82, 2.24) is 25.4 Å². The van der Waals surface area contributed by atoms with E-state index in [1.165, 1.54) is 13.2 Å². The first kappa shape index (κ1) is 24.2. The second kappa shape index (κ2) is 10.6. The minimum absolute atomic E-state index is 0.0783. The fraction of sp³-hybridized carbons (Fsp3) is 0.259. The van der Waals surface area contributed by atoms with Crippen molar-refractivity contribution in [2.45, 2.75) is 25.4 Å². The zero-order chi connectivity index (χ0) is 25.8.